The van der Waals surface area contributed by atoms with E-state index in [1.165, 1.54) is 39.6 Å². The quantitative estimate of drug-likeness (QED) is 0.0320. The first-order valence-corrected chi connectivity index (χ1v) is 20.9. The molecule has 14 heteroatoms. The molecule has 0 spiro atoms. The number of pyridine rings is 3. The van der Waals surface area contributed by atoms with E-state index >= 15 is 0 Å². The number of carbonyl (C=O) groups is 2. The summed E-state index contributed by atoms with van der Waals surface area (Å²) in [6, 6.07) is 24.3. The third-order valence-corrected chi connectivity index (χ3v) is 10.5. The van der Waals surface area contributed by atoms with Crippen molar-refractivity contribution in [2.75, 3.05) is 34.5 Å². The van der Waals surface area contributed by atoms with E-state index in [2.05, 4.69) is 75.0 Å². The number of nitrogens with zero attached hydrogens (tertiary/aromatic N) is 4. The van der Waals surface area contributed by atoms with Crippen LogP contribution in [-0.4, -0.2) is 56.0 Å². The fourth-order valence-corrected chi connectivity index (χ4v) is 7.18. The number of aromatic nitrogens is 3. The molecule has 0 saturated heterocycles. The number of hydrogen-bond acceptors (Lipinski definition) is 8. The molecule has 2 aliphatic rings. The first-order chi connectivity index (χ1) is 26.5. The molecule has 0 saturated carbocycles. The molecule has 0 radical (unpaired) electrons. The summed E-state index contributed by atoms with van der Waals surface area (Å²) in [5.41, 5.74) is 10.6. The number of alkyl halides is 1. The number of fused-ring (bicyclic) bond motifs is 2. The van der Waals surface area contributed by atoms with Gasteiger partial charge in [-0.2, -0.15) is 0 Å². The largest absolute Gasteiger partial charge is 1.00 e. The van der Waals surface area contributed by atoms with Crippen LogP contribution in [0, 0.1) is 39.3 Å². The average molecular weight is 907 g/mol. The summed E-state index contributed by atoms with van der Waals surface area (Å²) in [4.78, 5) is 39.3. The summed E-state index contributed by atoms with van der Waals surface area (Å²) < 4.78 is 8.37. The molecule has 5 heterocycles. The van der Waals surface area contributed by atoms with Gasteiger partial charge in [-0.1, -0.05) is 78.6 Å². The Hall–Kier alpha value is -2.52. The van der Waals surface area contributed by atoms with Crippen molar-refractivity contribution in [3.63, 3.8) is 0 Å². The predicted octanol–water partition coefficient (Wildman–Crippen LogP) is 7.99. The van der Waals surface area contributed by atoms with Crippen LogP contribution >= 0.6 is 64.4 Å². The molecule has 2 N–H and O–H groups in total. The molecule has 7 rings (SSSR count). The van der Waals surface area contributed by atoms with Crippen LogP contribution in [0.25, 0.3) is 0 Å². The summed E-state index contributed by atoms with van der Waals surface area (Å²) in [6.07, 6.45) is 9.74. The van der Waals surface area contributed by atoms with E-state index in [1.807, 2.05) is 105 Å². The molecule has 8 nitrogen and oxygen atoms in total. The van der Waals surface area contributed by atoms with Crippen LogP contribution in [-0.2, 0) is 22.4 Å². The van der Waals surface area contributed by atoms with Crippen LogP contribution in [0.1, 0.15) is 53.2 Å². The monoisotopic (exact) mass is 905 g/mol. The molecule has 2 amide bonds. The maximum absolute atomic E-state index is 12.6. The van der Waals surface area contributed by atoms with Gasteiger partial charge < -0.3 is 20.8 Å². The number of para-hydroxylation sites is 2. The van der Waals surface area contributed by atoms with E-state index in [4.69, 9.17) is 28.4 Å². The van der Waals surface area contributed by atoms with Crippen molar-refractivity contribution in [1.29, 1.82) is 0 Å². The van der Waals surface area contributed by atoms with Crippen molar-refractivity contribution in [3.05, 3.63) is 140 Å². The number of hydrogen-bond donors (Lipinski definition) is 3. The molecule has 56 heavy (non-hydrogen) atoms. The van der Waals surface area contributed by atoms with Gasteiger partial charge in [0.1, 0.15) is 15.1 Å². The number of amides is 2. The summed E-state index contributed by atoms with van der Waals surface area (Å²) >= 11 is 17.7. The maximum Gasteiger partial charge on any atom is 1.00 e. The van der Waals surface area contributed by atoms with Gasteiger partial charge in [0.05, 0.1) is 10.8 Å². The fourth-order valence-electron chi connectivity index (χ4n) is 5.96. The van der Waals surface area contributed by atoms with Crippen molar-refractivity contribution >= 4 is 87.6 Å². The molecule has 0 atom stereocenters. The van der Waals surface area contributed by atoms with Crippen LogP contribution < -0.4 is 39.4 Å². The smallest absolute Gasteiger partial charge is 1.00 e. The second-order valence-electron chi connectivity index (χ2n) is 12.9. The maximum atomic E-state index is 12.6. The normalized spacial score (nSPS) is 12.2. The van der Waals surface area contributed by atoms with E-state index in [-0.39, 0.29) is 48.7 Å². The Kier molecular flexibility index (Phi) is 23.5. The van der Waals surface area contributed by atoms with Crippen LogP contribution in [0.5, 0.6) is 0 Å². The Bertz CT molecular complexity index is 2000. The molecule has 2 aromatic carbocycles. The molecular weight excluding hydrogens is 857 g/mol. The minimum Gasteiger partial charge on any atom is -1.00 e. The van der Waals surface area contributed by atoms with Gasteiger partial charge in [-0.15, -0.1) is 11.6 Å². The van der Waals surface area contributed by atoms with Gasteiger partial charge in [-0.05, 0) is 146 Å². The Morgan fingerprint density at radius 3 is 1.75 bits per heavy atom. The predicted molar refractivity (Wildman–Crippen MR) is 240 cm³/mol. The number of benzene rings is 2. The van der Waals surface area contributed by atoms with Crippen LogP contribution in [0.15, 0.2) is 101 Å². The minimum absolute atomic E-state index is 0. The number of thiol groups is 1. The summed E-state index contributed by atoms with van der Waals surface area (Å²) in [5.74, 6) is 0.673. The van der Waals surface area contributed by atoms with Crippen molar-refractivity contribution in [1.82, 2.24) is 15.0 Å². The molecule has 0 unspecified atom stereocenters. The standard InChI is InChI=1S/C18H20N2OS.C12H14ClNO.C6H6BrN.C6H7NS.Na.H2OS.H/c1-13-8-9-16(19-11-13)22-12-17(21)20-10-4-7-15-6-3-5-14(2)18(15)20;1-9-4-2-5-10-6-3-7-14(12(9)10)11(15)8-13;1-5-2-3-6(7)8-4-5;1-5-2-3-6(8)7-4-5;;1-2;/h3,5-6,8-9,11H,4,7,10,12H2,1-2H3;2,4-5H,3,6-8H2,1H3;2-4H,1H3;2-4H,1H3,(H,7,8);;1-2H;/q;;;;+1;;-1. The van der Waals surface area contributed by atoms with E-state index in [0.29, 0.717) is 5.75 Å². The zero-order valence-corrected chi connectivity index (χ0v) is 39.8. The molecule has 2 aliphatic heterocycles. The zero-order valence-electron chi connectivity index (χ0n) is 33.9. The van der Waals surface area contributed by atoms with Gasteiger partial charge in [0.25, 0.3) is 0 Å². The van der Waals surface area contributed by atoms with Crippen LogP contribution in [0.2, 0.25) is 0 Å². The van der Waals surface area contributed by atoms with Gasteiger partial charge in [0.15, 0.2) is 0 Å². The van der Waals surface area contributed by atoms with E-state index in [0.717, 1.165) is 75.5 Å². The molecule has 3 aromatic heterocycles. The Morgan fingerprint density at radius 2 is 1.32 bits per heavy atom. The number of H-pyrrole nitrogens is 1. The van der Waals surface area contributed by atoms with Gasteiger partial charge in [-0.3, -0.25) is 9.59 Å². The summed E-state index contributed by atoms with van der Waals surface area (Å²) in [5, 5.41) is 0.904. The van der Waals surface area contributed by atoms with E-state index in [9.17, 15) is 9.59 Å². The Balaban J connectivity index is 0.000000402. The van der Waals surface area contributed by atoms with Crippen molar-refractivity contribution in [2.45, 2.75) is 65.3 Å². The molecule has 0 fully saturated rings. The fraction of sp³-hybridized carbons (Fsp3) is 0.310. The number of anilines is 2. The first-order valence-electron chi connectivity index (χ1n) is 17.8. The topological polar surface area (TPSA) is 102 Å². The second kappa shape index (κ2) is 26.5. The van der Waals surface area contributed by atoms with Crippen LogP contribution in [0.4, 0.5) is 11.4 Å². The molecule has 294 valence electrons. The van der Waals surface area contributed by atoms with Crippen molar-refractivity contribution in [3.8, 4) is 0 Å². The number of rotatable bonds is 4. The van der Waals surface area contributed by atoms with Crippen molar-refractivity contribution < 1.29 is 45.1 Å². The SMILES string of the molecule is Cc1ccc(=S)[nH]c1.Cc1ccc(Br)nc1.Cc1ccc(SCC(=O)N2CCCc3cccc(C)c32)nc1.Cc1cccc2c1N(C(=O)CCl)CCC2.OS.[H-].[Na+]. The van der Waals surface area contributed by atoms with Gasteiger partial charge in [0.2, 0.25) is 11.8 Å². The number of carbonyl (C=O) groups excluding carboxylic acids is 2. The van der Waals surface area contributed by atoms with Crippen molar-refractivity contribution in [2.24, 2.45) is 0 Å². The average Bonchev–Trinajstić information content (AvgIpc) is 3.21. The van der Waals surface area contributed by atoms with E-state index in [1.54, 1.807) is 0 Å². The Labute approximate surface area is 383 Å². The summed E-state index contributed by atoms with van der Waals surface area (Å²) in [7, 11) is 0. The molecule has 0 aliphatic carbocycles. The molecule has 0 bridgehead atoms. The van der Waals surface area contributed by atoms with Gasteiger partial charge in [0, 0.05) is 43.1 Å². The number of nitrogens with one attached hydrogen (secondary N) is 1. The minimum atomic E-state index is 0. The third-order valence-electron chi connectivity index (χ3n) is 8.60. The number of aryl methyl sites for hydroxylation is 7. The molecular formula is C42H50BrClN5NaO3S3. The van der Waals surface area contributed by atoms with E-state index < -0.39 is 0 Å². The number of thioether (sulfide) groups is 1. The first kappa shape index (κ1) is 49.6. The number of halogens is 2. The summed E-state index contributed by atoms with van der Waals surface area (Å²) in [6.45, 7) is 11.8. The van der Waals surface area contributed by atoms with Crippen LogP contribution in [0.3, 0.4) is 0 Å². The third kappa shape index (κ3) is 16.0. The Morgan fingerprint density at radius 1 is 0.804 bits per heavy atom. The van der Waals surface area contributed by atoms with Gasteiger partial charge >= 0.3 is 29.6 Å². The molecule has 5 aromatic rings. The van der Waals surface area contributed by atoms with Gasteiger partial charge in [-0.25, -0.2) is 9.97 Å². The number of aromatic amines is 1. The zero-order chi connectivity index (χ0) is 40.3. The second-order valence-corrected chi connectivity index (χ2v) is 15.5.